The molecule has 1 N–H and O–H groups in total. The van der Waals surface area contributed by atoms with Crippen molar-refractivity contribution in [3.63, 3.8) is 0 Å². The fourth-order valence-corrected chi connectivity index (χ4v) is 2.48. The van der Waals surface area contributed by atoms with Crippen LogP contribution < -0.4 is 10.2 Å². The third kappa shape index (κ3) is 2.90. The second kappa shape index (κ2) is 4.83. The molecule has 1 aromatic rings. The number of nitrogens with zero attached hydrogens (tertiary/aromatic N) is 1. The summed E-state index contributed by atoms with van der Waals surface area (Å²) < 4.78 is 13.7. The Kier molecular flexibility index (Phi) is 3.59. The van der Waals surface area contributed by atoms with E-state index in [1.165, 1.54) is 18.9 Å². The van der Waals surface area contributed by atoms with E-state index in [1.54, 1.807) is 12.1 Å². The fraction of sp³-hybridized carbons (Fsp3) is 0.538. The molecule has 0 amide bonds. The molecule has 0 radical (unpaired) electrons. The Morgan fingerprint density at radius 3 is 2.76 bits per heavy atom. The Balaban J connectivity index is 2.09. The zero-order valence-corrected chi connectivity index (χ0v) is 11.0. The minimum atomic E-state index is -0.211. The molecule has 1 aliphatic carbocycles. The third-order valence-corrected chi connectivity index (χ3v) is 3.64. The van der Waals surface area contributed by atoms with Crippen molar-refractivity contribution in [2.45, 2.75) is 12.8 Å². The molecule has 17 heavy (non-hydrogen) atoms. The van der Waals surface area contributed by atoms with Crippen molar-refractivity contribution in [3.05, 3.63) is 29.0 Å². The molecule has 0 aromatic heterocycles. The van der Waals surface area contributed by atoms with E-state index in [1.807, 2.05) is 19.0 Å². The number of nitrogens with one attached hydrogen (secondary N) is 1. The van der Waals surface area contributed by atoms with Gasteiger partial charge in [0.05, 0.1) is 5.69 Å². The van der Waals surface area contributed by atoms with Crippen molar-refractivity contribution in [3.8, 4) is 0 Å². The van der Waals surface area contributed by atoms with Gasteiger partial charge >= 0.3 is 0 Å². The first-order chi connectivity index (χ1) is 8.06. The van der Waals surface area contributed by atoms with E-state index in [-0.39, 0.29) is 5.82 Å². The van der Waals surface area contributed by atoms with E-state index in [9.17, 15) is 4.39 Å². The normalized spacial score (nSPS) is 16.9. The van der Waals surface area contributed by atoms with E-state index >= 15 is 0 Å². The lowest BCUT2D eigenvalue weighted by atomic mass is 10.1. The van der Waals surface area contributed by atoms with E-state index in [2.05, 4.69) is 5.32 Å². The Labute approximate surface area is 107 Å². The number of benzene rings is 1. The molecule has 0 aliphatic heterocycles. The minimum Gasteiger partial charge on any atom is -0.372 e. The highest BCUT2D eigenvalue weighted by Crippen LogP contribution is 2.46. The van der Waals surface area contributed by atoms with Gasteiger partial charge in [0.25, 0.3) is 0 Å². The molecule has 2 rings (SSSR count). The Bertz CT molecular complexity index is 404. The molecule has 4 heteroatoms. The maximum Gasteiger partial charge on any atom is 0.146 e. The fourth-order valence-electron chi connectivity index (χ4n) is 2.31. The first kappa shape index (κ1) is 12.7. The molecule has 1 saturated carbocycles. The average Bonchev–Trinajstić information content (AvgIpc) is 3.02. The number of halogens is 2. The number of rotatable bonds is 5. The van der Waals surface area contributed by atoms with Crippen molar-refractivity contribution < 1.29 is 4.39 Å². The van der Waals surface area contributed by atoms with Crippen LogP contribution in [-0.2, 0) is 0 Å². The SMILES string of the molecule is CNCC1(CN(C)c2cc(Cl)ccc2F)CC1. The van der Waals surface area contributed by atoms with Gasteiger partial charge in [0.2, 0.25) is 0 Å². The number of anilines is 1. The second-order valence-electron chi connectivity index (χ2n) is 4.98. The first-order valence-electron chi connectivity index (χ1n) is 5.87. The van der Waals surface area contributed by atoms with E-state index in [0.29, 0.717) is 16.1 Å². The first-order valence-corrected chi connectivity index (χ1v) is 6.25. The molecule has 1 fully saturated rings. The van der Waals surface area contributed by atoms with Crippen LogP contribution in [0.3, 0.4) is 0 Å². The molecule has 1 aromatic carbocycles. The Morgan fingerprint density at radius 1 is 1.47 bits per heavy atom. The molecule has 2 nitrogen and oxygen atoms in total. The average molecular weight is 257 g/mol. The molecule has 94 valence electrons. The molecule has 0 unspecified atom stereocenters. The zero-order chi connectivity index (χ0) is 12.5. The van der Waals surface area contributed by atoms with Crippen LogP contribution in [-0.4, -0.2) is 27.2 Å². The van der Waals surface area contributed by atoms with Crippen LogP contribution in [0.1, 0.15) is 12.8 Å². The van der Waals surface area contributed by atoms with Crippen LogP contribution in [0, 0.1) is 11.2 Å². The summed E-state index contributed by atoms with van der Waals surface area (Å²) >= 11 is 5.90. The topological polar surface area (TPSA) is 15.3 Å². The van der Waals surface area contributed by atoms with Crippen LogP contribution in [0.2, 0.25) is 5.02 Å². The lowest BCUT2D eigenvalue weighted by Crippen LogP contribution is -2.33. The largest absolute Gasteiger partial charge is 0.372 e. The summed E-state index contributed by atoms with van der Waals surface area (Å²) in [6.45, 7) is 1.85. The van der Waals surface area contributed by atoms with Crippen molar-refractivity contribution in [1.29, 1.82) is 0 Å². The zero-order valence-electron chi connectivity index (χ0n) is 10.3. The molecule has 1 aliphatic rings. The lowest BCUT2D eigenvalue weighted by Gasteiger charge is -2.26. The van der Waals surface area contributed by atoms with E-state index < -0.39 is 0 Å². The second-order valence-corrected chi connectivity index (χ2v) is 5.42. The summed E-state index contributed by atoms with van der Waals surface area (Å²) in [6, 6.07) is 4.69. The van der Waals surface area contributed by atoms with Gasteiger partial charge in [-0.1, -0.05) is 11.6 Å². The van der Waals surface area contributed by atoms with Crippen LogP contribution in [0.15, 0.2) is 18.2 Å². The van der Waals surface area contributed by atoms with Gasteiger partial charge in [-0.05, 0) is 38.1 Å². The van der Waals surface area contributed by atoms with Crippen LogP contribution in [0.5, 0.6) is 0 Å². The van der Waals surface area contributed by atoms with Gasteiger partial charge in [-0.2, -0.15) is 0 Å². The molecule has 0 spiro atoms. The summed E-state index contributed by atoms with van der Waals surface area (Å²) in [5.41, 5.74) is 0.901. The molecule has 0 bridgehead atoms. The van der Waals surface area contributed by atoms with Crippen molar-refractivity contribution >= 4 is 17.3 Å². The lowest BCUT2D eigenvalue weighted by molar-refractivity contribution is 0.479. The molecular weight excluding hydrogens is 239 g/mol. The van der Waals surface area contributed by atoms with Gasteiger partial charge in [0.15, 0.2) is 0 Å². The summed E-state index contributed by atoms with van der Waals surface area (Å²) in [4.78, 5) is 1.96. The van der Waals surface area contributed by atoms with Gasteiger partial charge in [-0.15, -0.1) is 0 Å². The maximum absolute atomic E-state index is 13.7. The predicted octanol–water partition coefficient (Wildman–Crippen LogP) is 2.91. The van der Waals surface area contributed by atoms with Gasteiger partial charge < -0.3 is 10.2 Å². The maximum atomic E-state index is 13.7. The standard InChI is InChI=1S/C13H18ClFN2/c1-16-8-13(5-6-13)9-17(2)12-7-10(14)3-4-11(12)15/h3-4,7,16H,5-6,8-9H2,1-2H3. The van der Waals surface area contributed by atoms with Gasteiger partial charge in [-0.25, -0.2) is 4.39 Å². The Hall–Kier alpha value is -0.800. The quantitative estimate of drug-likeness (QED) is 0.872. The highest BCUT2D eigenvalue weighted by molar-refractivity contribution is 6.30. The van der Waals surface area contributed by atoms with E-state index in [4.69, 9.17) is 11.6 Å². The summed E-state index contributed by atoms with van der Waals surface area (Å²) in [5, 5.41) is 3.78. The van der Waals surface area contributed by atoms with Crippen molar-refractivity contribution in [2.24, 2.45) is 5.41 Å². The Morgan fingerprint density at radius 2 is 2.18 bits per heavy atom. The van der Waals surface area contributed by atoms with Crippen molar-refractivity contribution in [1.82, 2.24) is 5.32 Å². The van der Waals surface area contributed by atoms with Crippen LogP contribution >= 0.6 is 11.6 Å². The minimum absolute atomic E-state index is 0.211. The van der Waals surface area contributed by atoms with E-state index in [0.717, 1.165) is 13.1 Å². The van der Waals surface area contributed by atoms with Crippen LogP contribution in [0.25, 0.3) is 0 Å². The number of hydrogen-bond donors (Lipinski definition) is 1. The highest BCUT2D eigenvalue weighted by Gasteiger charge is 2.42. The molecule has 0 atom stereocenters. The monoisotopic (exact) mass is 256 g/mol. The smallest absolute Gasteiger partial charge is 0.146 e. The summed E-state index contributed by atoms with van der Waals surface area (Å²) in [5.74, 6) is -0.211. The molecule has 0 heterocycles. The highest BCUT2D eigenvalue weighted by atomic mass is 35.5. The summed E-state index contributed by atoms with van der Waals surface area (Å²) in [7, 11) is 3.88. The molecular formula is C13H18ClFN2. The van der Waals surface area contributed by atoms with Crippen molar-refractivity contribution in [2.75, 3.05) is 32.1 Å². The van der Waals surface area contributed by atoms with Gasteiger partial charge in [0.1, 0.15) is 5.82 Å². The number of hydrogen-bond acceptors (Lipinski definition) is 2. The predicted molar refractivity (Wildman–Crippen MR) is 70.3 cm³/mol. The van der Waals surface area contributed by atoms with Gasteiger partial charge in [-0.3, -0.25) is 0 Å². The molecule has 0 saturated heterocycles. The summed E-state index contributed by atoms with van der Waals surface area (Å²) in [6.07, 6.45) is 2.42. The van der Waals surface area contributed by atoms with Gasteiger partial charge in [0, 0.05) is 30.6 Å². The van der Waals surface area contributed by atoms with Crippen LogP contribution in [0.4, 0.5) is 10.1 Å². The third-order valence-electron chi connectivity index (χ3n) is 3.40.